The van der Waals surface area contributed by atoms with Gasteiger partial charge in [-0.25, -0.2) is 9.78 Å². The zero-order chi connectivity index (χ0) is 13.8. The molecule has 1 atom stereocenters. The van der Waals surface area contributed by atoms with Gasteiger partial charge in [0.2, 0.25) is 0 Å². The summed E-state index contributed by atoms with van der Waals surface area (Å²) in [6.07, 6.45) is 1.82. The largest absolute Gasteiger partial charge is 0.478 e. The summed E-state index contributed by atoms with van der Waals surface area (Å²) in [5, 5.41) is 11.4. The van der Waals surface area contributed by atoms with E-state index in [1.54, 1.807) is 6.92 Å². The summed E-state index contributed by atoms with van der Waals surface area (Å²) in [6.45, 7) is 3.48. The molecule has 6 nitrogen and oxygen atoms in total. The number of aromatic nitrogens is 1. The van der Waals surface area contributed by atoms with Crippen molar-refractivity contribution < 1.29 is 19.4 Å². The third-order valence-corrected chi connectivity index (χ3v) is 2.85. The van der Waals surface area contributed by atoms with Gasteiger partial charge in [0.05, 0.1) is 5.56 Å². The zero-order valence-corrected chi connectivity index (χ0v) is 10.6. The Labute approximate surface area is 105 Å². The fourth-order valence-electron chi connectivity index (χ4n) is 1.28. The number of carbonyl (C=O) groups excluding carboxylic acids is 1. The molecular weight excluding hydrogens is 236 g/mol. The Balaban J connectivity index is 2.88. The number of carboxylic acid groups (broad SMARTS) is 1. The van der Waals surface area contributed by atoms with Gasteiger partial charge in [0.15, 0.2) is 0 Å². The van der Waals surface area contributed by atoms with Crippen LogP contribution in [-0.2, 0) is 9.53 Å². The number of aromatic carboxylic acids is 1. The minimum atomic E-state index is -1.07. The molecular formula is C12H16N2O4. The van der Waals surface area contributed by atoms with E-state index in [1.165, 1.54) is 25.4 Å². The van der Waals surface area contributed by atoms with Gasteiger partial charge in [-0.1, -0.05) is 6.92 Å². The average Bonchev–Trinajstić information content (AvgIpc) is 2.38. The molecule has 0 spiro atoms. The van der Waals surface area contributed by atoms with Gasteiger partial charge in [-0.3, -0.25) is 4.79 Å². The number of methoxy groups -OCH3 is 1. The quantitative estimate of drug-likeness (QED) is 0.829. The van der Waals surface area contributed by atoms with Crippen molar-refractivity contribution in [2.45, 2.75) is 25.9 Å². The highest BCUT2D eigenvalue weighted by molar-refractivity contribution is 5.97. The van der Waals surface area contributed by atoms with Gasteiger partial charge in [0.1, 0.15) is 11.4 Å². The SMILES string of the molecule is CCC(C)(OC)C(=O)Nc1cc(C(=O)O)ccn1. The zero-order valence-electron chi connectivity index (χ0n) is 10.6. The van der Waals surface area contributed by atoms with Gasteiger partial charge in [-0.2, -0.15) is 0 Å². The van der Waals surface area contributed by atoms with Crippen LogP contribution in [0, 0.1) is 0 Å². The second kappa shape index (κ2) is 5.59. The molecule has 0 aliphatic heterocycles. The summed E-state index contributed by atoms with van der Waals surface area (Å²) >= 11 is 0. The molecule has 1 rings (SSSR count). The Hall–Kier alpha value is -1.95. The van der Waals surface area contributed by atoms with Gasteiger partial charge in [-0.05, 0) is 25.5 Å². The van der Waals surface area contributed by atoms with Crippen molar-refractivity contribution in [2.75, 3.05) is 12.4 Å². The standard InChI is InChI=1S/C12H16N2O4/c1-4-12(2,18-3)11(17)14-9-7-8(10(15)16)5-6-13-9/h5-7H,4H2,1-3H3,(H,15,16)(H,13,14,17). The molecule has 0 bridgehead atoms. The van der Waals surface area contributed by atoms with E-state index in [0.717, 1.165) is 0 Å². The summed E-state index contributed by atoms with van der Waals surface area (Å²) in [6, 6.07) is 2.65. The Bertz CT molecular complexity index is 455. The summed E-state index contributed by atoms with van der Waals surface area (Å²) < 4.78 is 5.14. The first-order valence-corrected chi connectivity index (χ1v) is 5.49. The molecule has 1 unspecified atom stereocenters. The molecule has 0 saturated carbocycles. The van der Waals surface area contributed by atoms with Crippen LogP contribution < -0.4 is 5.32 Å². The average molecular weight is 252 g/mol. The van der Waals surface area contributed by atoms with E-state index >= 15 is 0 Å². The minimum absolute atomic E-state index is 0.0657. The molecule has 1 aromatic heterocycles. The van der Waals surface area contributed by atoms with E-state index in [4.69, 9.17) is 9.84 Å². The first-order chi connectivity index (χ1) is 8.42. The summed E-state index contributed by atoms with van der Waals surface area (Å²) in [5.41, 5.74) is -0.892. The number of carboxylic acids is 1. The Morgan fingerprint density at radius 1 is 1.56 bits per heavy atom. The van der Waals surface area contributed by atoms with Crippen LogP contribution in [0.5, 0.6) is 0 Å². The van der Waals surface area contributed by atoms with Crippen LogP contribution in [-0.4, -0.2) is 34.7 Å². The highest BCUT2D eigenvalue weighted by Crippen LogP contribution is 2.17. The number of hydrogen-bond acceptors (Lipinski definition) is 4. The van der Waals surface area contributed by atoms with Crippen molar-refractivity contribution in [3.05, 3.63) is 23.9 Å². The number of nitrogens with zero attached hydrogens (tertiary/aromatic N) is 1. The molecule has 18 heavy (non-hydrogen) atoms. The van der Waals surface area contributed by atoms with Crippen molar-refractivity contribution in [3.8, 4) is 0 Å². The molecule has 0 aromatic carbocycles. The Kier molecular flexibility index (Phi) is 4.38. The minimum Gasteiger partial charge on any atom is -0.478 e. The third kappa shape index (κ3) is 3.04. The molecule has 0 aliphatic carbocycles. The number of rotatable bonds is 5. The molecule has 2 N–H and O–H groups in total. The van der Waals surface area contributed by atoms with Crippen LogP contribution in [0.2, 0.25) is 0 Å². The molecule has 1 heterocycles. The predicted octanol–water partition coefficient (Wildman–Crippen LogP) is 1.53. The first kappa shape index (κ1) is 14.1. The van der Waals surface area contributed by atoms with Crippen LogP contribution in [0.15, 0.2) is 18.3 Å². The number of hydrogen-bond donors (Lipinski definition) is 2. The van der Waals surface area contributed by atoms with E-state index in [9.17, 15) is 9.59 Å². The van der Waals surface area contributed by atoms with Gasteiger partial charge in [0, 0.05) is 13.3 Å². The van der Waals surface area contributed by atoms with Crippen LogP contribution in [0.25, 0.3) is 0 Å². The molecule has 0 fully saturated rings. The number of anilines is 1. The lowest BCUT2D eigenvalue weighted by atomic mass is 10.0. The number of ether oxygens (including phenoxy) is 1. The molecule has 1 aromatic rings. The summed E-state index contributed by atoms with van der Waals surface area (Å²) in [7, 11) is 1.45. The van der Waals surface area contributed by atoms with Crippen LogP contribution in [0.1, 0.15) is 30.6 Å². The van der Waals surface area contributed by atoms with Crippen molar-refractivity contribution in [1.29, 1.82) is 0 Å². The van der Waals surface area contributed by atoms with Gasteiger partial charge >= 0.3 is 5.97 Å². The molecule has 1 amide bonds. The fourth-order valence-corrected chi connectivity index (χ4v) is 1.28. The van der Waals surface area contributed by atoms with E-state index in [0.29, 0.717) is 6.42 Å². The monoisotopic (exact) mass is 252 g/mol. The summed E-state index contributed by atoms with van der Waals surface area (Å²) in [4.78, 5) is 26.6. The lowest BCUT2D eigenvalue weighted by Gasteiger charge is -2.24. The Morgan fingerprint density at radius 2 is 2.22 bits per heavy atom. The molecule has 0 saturated heterocycles. The fraction of sp³-hybridized carbons (Fsp3) is 0.417. The number of pyridine rings is 1. The van der Waals surface area contributed by atoms with Crippen LogP contribution in [0.3, 0.4) is 0 Å². The maximum Gasteiger partial charge on any atom is 0.335 e. The van der Waals surface area contributed by atoms with Crippen molar-refractivity contribution >= 4 is 17.7 Å². The topological polar surface area (TPSA) is 88.5 Å². The highest BCUT2D eigenvalue weighted by Gasteiger charge is 2.31. The molecule has 98 valence electrons. The van der Waals surface area contributed by atoms with Gasteiger partial charge in [0.25, 0.3) is 5.91 Å². The maximum absolute atomic E-state index is 12.0. The van der Waals surface area contributed by atoms with E-state index in [2.05, 4.69) is 10.3 Å². The van der Waals surface area contributed by atoms with Crippen LogP contribution >= 0.6 is 0 Å². The lowest BCUT2D eigenvalue weighted by molar-refractivity contribution is -0.136. The third-order valence-electron chi connectivity index (χ3n) is 2.85. The van der Waals surface area contributed by atoms with Crippen LogP contribution in [0.4, 0.5) is 5.82 Å². The van der Waals surface area contributed by atoms with Gasteiger partial charge in [-0.15, -0.1) is 0 Å². The van der Waals surface area contributed by atoms with Crippen molar-refractivity contribution in [3.63, 3.8) is 0 Å². The smallest absolute Gasteiger partial charge is 0.335 e. The predicted molar refractivity (Wildman–Crippen MR) is 65.5 cm³/mol. The van der Waals surface area contributed by atoms with Crippen molar-refractivity contribution in [1.82, 2.24) is 4.98 Å². The summed E-state index contributed by atoms with van der Waals surface area (Å²) in [5.74, 6) is -1.24. The van der Waals surface area contributed by atoms with E-state index < -0.39 is 11.6 Å². The number of amides is 1. The normalized spacial score (nSPS) is 13.7. The molecule has 0 radical (unpaired) electrons. The van der Waals surface area contributed by atoms with E-state index in [1.807, 2.05) is 6.92 Å². The highest BCUT2D eigenvalue weighted by atomic mass is 16.5. The Morgan fingerprint density at radius 3 is 2.72 bits per heavy atom. The number of nitrogens with one attached hydrogen (secondary N) is 1. The molecule has 6 heteroatoms. The second-order valence-electron chi connectivity index (χ2n) is 3.98. The van der Waals surface area contributed by atoms with Gasteiger partial charge < -0.3 is 15.2 Å². The van der Waals surface area contributed by atoms with Crippen molar-refractivity contribution in [2.24, 2.45) is 0 Å². The molecule has 0 aliphatic rings. The lowest BCUT2D eigenvalue weighted by Crippen LogP contribution is -2.41. The maximum atomic E-state index is 12.0. The second-order valence-corrected chi connectivity index (χ2v) is 3.98. The van der Waals surface area contributed by atoms with E-state index in [-0.39, 0.29) is 17.3 Å². The first-order valence-electron chi connectivity index (χ1n) is 5.49. The number of carbonyl (C=O) groups is 2.